The molecule has 26 heavy (non-hydrogen) atoms. The third kappa shape index (κ3) is 3.71. The highest BCUT2D eigenvalue weighted by atomic mass is 35.5. The van der Waals surface area contributed by atoms with Gasteiger partial charge in [-0.1, -0.05) is 17.7 Å². The standard InChI is InChI=1S/C19H20ClN5O/c1-24-11-8-21-19(24)16-5-7-18(23-22-16)26-17-6-4-14(12-15(17)20)13-25-9-2-3-10-25/h4-8,11-12H,2-3,9-10,13H2,1H3. The number of nitrogens with zero attached hydrogens (tertiary/aromatic N) is 5. The van der Waals surface area contributed by atoms with Gasteiger partial charge in [0.05, 0.1) is 5.02 Å². The number of benzene rings is 1. The Morgan fingerprint density at radius 1 is 1.12 bits per heavy atom. The van der Waals surface area contributed by atoms with Crippen molar-refractivity contribution in [1.29, 1.82) is 0 Å². The second-order valence-electron chi connectivity index (χ2n) is 6.47. The predicted molar refractivity (Wildman–Crippen MR) is 100 cm³/mol. The zero-order valence-corrected chi connectivity index (χ0v) is 15.4. The summed E-state index contributed by atoms with van der Waals surface area (Å²) in [5.74, 6) is 1.74. The van der Waals surface area contributed by atoms with Gasteiger partial charge in [0.2, 0.25) is 5.88 Å². The lowest BCUT2D eigenvalue weighted by Gasteiger charge is -2.15. The topological polar surface area (TPSA) is 56.1 Å². The van der Waals surface area contributed by atoms with Gasteiger partial charge in [0, 0.05) is 32.1 Å². The second kappa shape index (κ2) is 7.43. The van der Waals surface area contributed by atoms with Gasteiger partial charge in [-0.15, -0.1) is 10.2 Å². The van der Waals surface area contributed by atoms with Crippen molar-refractivity contribution >= 4 is 11.6 Å². The van der Waals surface area contributed by atoms with E-state index in [9.17, 15) is 0 Å². The number of hydrogen-bond acceptors (Lipinski definition) is 5. The average Bonchev–Trinajstić information content (AvgIpc) is 3.30. The molecule has 0 aliphatic carbocycles. The van der Waals surface area contributed by atoms with Crippen LogP contribution in [0.4, 0.5) is 0 Å². The summed E-state index contributed by atoms with van der Waals surface area (Å²) in [6.45, 7) is 3.25. The summed E-state index contributed by atoms with van der Waals surface area (Å²) in [5, 5.41) is 8.89. The van der Waals surface area contributed by atoms with Crippen LogP contribution in [-0.2, 0) is 13.6 Å². The van der Waals surface area contributed by atoms with Crippen molar-refractivity contribution in [3.05, 3.63) is 53.3 Å². The Morgan fingerprint density at radius 2 is 1.96 bits per heavy atom. The molecule has 3 aromatic rings. The van der Waals surface area contributed by atoms with Crippen LogP contribution < -0.4 is 4.74 Å². The van der Waals surface area contributed by atoms with Gasteiger partial charge in [-0.3, -0.25) is 4.90 Å². The molecule has 0 N–H and O–H groups in total. The fourth-order valence-electron chi connectivity index (χ4n) is 3.14. The number of aryl methyl sites for hydroxylation is 1. The number of likely N-dealkylation sites (tertiary alicyclic amines) is 1. The van der Waals surface area contributed by atoms with E-state index in [1.54, 1.807) is 12.3 Å². The Hall–Kier alpha value is -2.44. The minimum absolute atomic E-state index is 0.400. The maximum absolute atomic E-state index is 6.39. The van der Waals surface area contributed by atoms with Crippen LogP contribution in [0.15, 0.2) is 42.7 Å². The van der Waals surface area contributed by atoms with Crippen molar-refractivity contribution in [3.63, 3.8) is 0 Å². The van der Waals surface area contributed by atoms with E-state index in [-0.39, 0.29) is 0 Å². The first-order valence-electron chi connectivity index (χ1n) is 8.69. The molecular formula is C19H20ClN5O. The quantitative estimate of drug-likeness (QED) is 0.682. The van der Waals surface area contributed by atoms with Crippen LogP contribution in [0.25, 0.3) is 11.5 Å². The van der Waals surface area contributed by atoms with Crippen molar-refractivity contribution < 1.29 is 4.74 Å². The van der Waals surface area contributed by atoms with Gasteiger partial charge in [0.15, 0.2) is 5.82 Å². The Kier molecular flexibility index (Phi) is 4.86. The van der Waals surface area contributed by atoms with Crippen LogP contribution in [0.1, 0.15) is 18.4 Å². The first kappa shape index (κ1) is 17.0. The molecule has 0 unspecified atom stereocenters. The minimum Gasteiger partial charge on any atom is -0.436 e. The van der Waals surface area contributed by atoms with E-state index in [1.807, 2.05) is 36.0 Å². The molecule has 0 saturated carbocycles. The Bertz CT molecular complexity index is 887. The van der Waals surface area contributed by atoms with Crippen LogP contribution in [-0.4, -0.2) is 37.7 Å². The van der Waals surface area contributed by atoms with E-state index < -0.39 is 0 Å². The van der Waals surface area contributed by atoms with Gasteiger partial charge < -0.3 is 9.30 Å². The third-order valence-electron chi connectivity index (χ3n) is 4.51. The van der Waals surface area contributed by atoms with Gasteiger partial charge in [0.25, 0.3) is 0 Å². The first-order chi connectivity index (χ1) is 12.7. The van der Waals surface area contributed by atoms with Crippen molar-refractivity contribution in [3.8, 4) is 23.1 Å². The molecule has 0 radical (unpaired) electrons. The average molecular weight is 370 g/mol. The number of hydrogen-bond donors (Lipinski definition) is 0. The zero-order valence-electron chi connectivity index (χ0n) is 14.6. The first-order valence-corrected chi connectivity index (χ1v) is 9.07. The van der Waals surface area contributed by atoms with Crippen LogP contribution in [0.5, 0.6) is 11.6 Å². The third-order valence-corrected chi connectivity index (χ3v) is 4.80. The van der Waals surface area contributed by atoms with Crippen LogP contribution >= 0.6 is 11.6 Å². The van der Waals surface area contributed by atoms with E-state index in [2.05, 4.69) is 26.1 Å². The normalized spacial score (nSPS) is 14.7. The number of ether oxygens (including phenoxy) is 1. The lowest BCUT2D eigenvalue weighted by Crippen LogP contribution is -2.18. The fourth-order valence-corrected chi connectivity index (χ4v) is 3.38. The van der Waals surface area contributed by atoms with Crippen molar-refractivity contribution in [1.82, 2.24) is 24.6 Å². The summed E-state index contributed by atoms with van der Waals surface area (Å²) < 4.78 is 7.68. The van der Waals surface area contributed by atoms with Gasteiger partial charge in [-0.05, 0) is 49.7 Å². The largest absolute Gasteiger partial charge is 0.436 e. The van der Waals surface area contributed by atoms with Crippen LogP contribution in [0.2, 0.25) is 5.02 Å². The molecule has 7 heteroatoms. The van der Waals surface area contributed by atoms with Gasteiger partial charge >= 0.3 is 0 Å². The Balaban J connectivity index is 1.45. The lowest BCUT2D eigenvalue weighted by molar-refractivity contribution is 0.331. The van der Waals surface area contributed by atoms with E-state index >= 15 is 0 Å². The Morgan fingerprint density at radius 3 is 2.62 bits per heavy atom. The molecule has 1 aliphatic heterocycles. The maximum Gasteiger partial charge on any atom is 0.238 e. The predicted octanol–water partition coefficient (Wildman–Crippen LogP) is 3.92. The lowest BCUT2D eigenvalue weighted by atomic mass is 10.2. The monoisotopic (exact) mass is 369 g/mol. The number of aromatic nitrogens is 4. The van der Waals surface area contributed by atoms with E-state index in [0.717, 1.165) is 25.5 Å². The van der Waals surface area contributed by atoms with Crippen LogP contribution in [0, 0.1) is 0 Å². The molecule has 0 amide bonds. The van der Waals surface area contributed by atoms with Crippen molar-refractivity contribution in [2.75, 3.05) is 13.1 Å². The molecule has 1 fully saturated rings. The molecule has 4 rings (SSSR count). The molecule has 0 atom stereocenters. The number of rotatable bonds is 5. The minimum atomic E-state index is 0.400. The van der Waals surface area contributed by atoms with Crippen molar-refractivity contribution in [2.24, 2.45) is 7.05 Å². The highest BCUT2D eigenvalue weighted by molar-refractivity contribution is 6.32. The molecular weight excluding hydrogens is 350 g/mol. The molecule has 0 bridgehead atoms. The maximum atomic E-state index is 6.39. The summed E-state index contributed by atoms with van der Waals surface area (Å²) in [4.78, 5) is 6.70. The van der Waals surface area contributed by atoms with Gasteiger partial charge in [-0.25, -0.2) is 4.98 Å². The SMILES string of the molecule is Cn1ccnc1-c1ccc(Oc2ccc(CN3CCCC3)cc2Cl)nn1. The highest BCUT2D eigenvalue weighted by Crippen LogP contribution is 2.30. The number of imidazole rings is 1. The highest BCUT2D eigenvalue weighted by Gasteiger charge is 2.13. The van der Waals surface area contributed by atoms with Crippen molar-refractivity contribution in [2.45, 2.75) is 19.4 Å². The molecule has 1 aromatic carbocycles. The summed E-state index contributed by atoms with van der Waals surface area (Å²) in [6.07, 6.45) is 6.15. The summed E-state index contributed by atoms with van der Waals surface area (Å²) >= 11 is 6.39. The molecule has 0 spiro atoms. The van der Waals surface area contributed by atoms with E-state index in [4.69, 9.17) is 16.3 Å². The molecule has 6 nitrogen and oxygen atoms in total. The summed E-state index contributed by atoms with van der Waals surface area (Å²) in [6, 6.07) is 9.51. The van der Waals surface area contributed by atoms with Gasteiger partial charge in [-0.2, -0.15) is 0 Å². The molecule has 1 aliphatic rings. The summed E-state index contributed by atoms with van der Waals surface area (Å²) in [7, 11) is 1.91. The number of halogens is 1. The van der Waals surface area contributed by atoms with Gasteiger partial charge in [0.1, 0.15) is 11.4 Å². The fraction of sp³-hybridized carbons (Fsp3) is 0.316. The molecule has 2 aromatic heterocycles. The molecule has 134 valence electrons. The van der Waals surface area contributed by atoms with E-state index in [0.29, 0.717) is 22.3 Å². The molecule has 1 saturated heterocycles. The smallest absolute Gasteiger partial charge is 0.238 e. The second-order valence-corrected chi connectivity index (χ2v) is 6.88. The Labute approximate surface area is 157 Å². The van der Waals surface area contributed by atoms with Crippen LogP contribution in [0.3, 0.4) is 0 Å². The van der Waals surface area contributed by atoms with E-state index in [1.165, 1.54) is 18.4 Å². The zero-order chi connectivity index (χ0) is 17.9. The summed E-state index contributed by atoms with van der Waals surface area (Å²) in [5.41, 5.74) is 1.89. The molecule has 3 heterocycles.